The van der Waals surface area contributed by atoms with E-state index < -0.39 is 6.10 Å². The summed E-state index contributed by atoms with van der Waals surface area (Å²) in [5.74, 6) is 2.41. The number of rotatable bonds is 9. The van der Waals surface area contributed by atoms with Gasteiger partial charge in [-0.2, -0.15) is 0 Å². The van der Waals surface area contributed by atoms with Crippen molar-refractivity contribution in [1.29, 1.82) is 0 Å². The lowest BCUT2D eigenvalue weighted by Gasteiger charge is -2.26. The van der Waals surface area contributed by atoms with Crippen molar-refractivity contribution in [2.45, 2.75) is 25.4 Å². The van der Waals surface area contributed by atoms with Gasteiger partial charge in [-0.05, 0) is 84.9 Å². The molecule has 0 radical (unpaired) electrons. The van der Waals surface area contributed by atoms with E-state index in [0.717, 1.165) is 55.4 Å². The minimum atomic E-state index is -0.782. The first-order valence-electron chi connectivity index (χ1n) is 12.5. The van der Waals surface area contributed by atoms with Crippen molar-refractivity contribution in [2.24, 2.45) is 0 Å². The number of aliphatic hydroxyl groups is 1. The van der Waals surface area contributed by atoms with Crippen molar-refractivity contribution >= 4 is 21.4 Å². The third-order valence-corrected chi connectivity index (χ3v) is 8.08. The van der Waals surface area contributed by atoms with Crippen LogP contribution >= 0.6 is 11.3 Å². The van der Waals surface area contributed by atoms with Crippen LogP contribution in [0.25, 0.3) is 20.5 Å². The predicted molar refractivity (Wildman–Crippen MR) is 147 cm³/mol. The fraction of sp³-hybridized carbons (Fsp3) is 0.333. The molecule has 6 heteroatoms. The summed E-state index contributed by atoms with van der Waals surface area (Å²) in [6.45, 7) is 3.98. The van der Waals surface area contributed by atoms with E-state index in [4.69, 9.17) is 14.2 Å². The fourth-order valence-electron chi connectivity index (χ4n) is 4.86. The highest BCUT2D eigenvalue weighted by atomic mass is 32.1. The molecule has 2 heterocycles. The Hall–Kier alpha value is -3.06. The van der Waals surface area contributed by atoms with Gasteiger partial charge < -0.3 is 19.3 Å². The number of aliphatic hydroxyl groups excluding tert-OH is 1. The van der Waals surface area contributed by atoms with Gasteiger partial charge in [-0.15, -0.1) is 11.3 Å². The zero-order chi connectivity index (χ0) is 24.9. The largest absolute Gasteiger partial charge is 0.497 e. The summed E-state index contributed by atoms with van der Waals surface area (Å²) in [4.78, 5) is 3.49. The Balaban J connectivity index is 1.41. The van der Waals surface area contributed by atoms with Crippen molar-refractivity contribution in [3.63, 3.8) is 0 Å². The van der Waals surface area contributed by atoms with Crippen molar-refractivity contribution in [3.05, 3.63) is 77.9 Å². The van der Waals surface area contributed by atoms with Crippen LogP contribution in [0.15, 0.2) is 66.7 Å². The van der Waals surface area contributed by atoms with Gasteiger partial charge in [0.05, 0.1) is 14.2 Å². The zero-order valence-electron chi connectivity index (χ0n) is 20.9. The number of thiophene rings is 1. The first-order chi connectivity index (χ1) is 17.7. The SMILES string of the molecule is COc1cccc(-c2sc3cc(OC)ccc3c2C(O)c2ccc(OCCN3CCCCC3)cc2)c1. The topological polar surface area (TPSA) is 51.2 Å². The number of hydrogen-bond acceptors (Lipinski definition) is 6. The molecule has 3 aromatic carbocycles. The van der Waals surface area contributed by atoms with Crippen molar-refractivity contribution in [2.75, 3.05) is 40.5 Å². The summed E-state index contributed by atoms with van der Waals surface area (Å²) >= 11 is 1.65. The quantitative estimate of drug-likeness (QED) is 0.281. The minimum absolute atomic E-state index is 0.679. The molecular formula is C30H33NO4S. The summed E-state index contributed by atoms with van der Waals surface area (Å²) in [5.41, 5.74) is 2.74. The van der Waals surface area contributed by atoms with Crippen molar-refractivity contribution in [3.8, 4) is 27.7 Å². The maximum Gasteiger partial charge on any atom is 0.120 e. The molecule has 0 aliphatic carbocycles. The van der Waals surface area contributed by atoms with Crippen LogP contribution in [0.3, 0.4) is 0 Å². The number of ether oxygens (including phenoxy) is 3. The highest BCUT2D eigenvalue weighted by molar-refractivity contribution is 7.22. The second kappa shape index (κ2) is 11.3. The van der Waals surface area contributed by atoms with E-state index in [2.05, 4.69) is 11.0 Å². The number of methoxy groups -OCH3 is 2. The van der Waals surface area contributed by atoms with Gasteiger partial charge in [0.15, 0.2) is 0 Å². The fourth-order valence-corrected chi connectivity index (χ4v) is 6.12. The molecule has 1 aliphatic heterocycles. The molecule has 0 bridgehead atoms. The molecule has 0 spiro atoms. The Morgan fingerprint density at radius 1 is 0.861 bits per heavy atom. The number of likely N-dealkylation sites (tertiary alicyclic amines) is 1. The third kappa shape index (κ3) is 5.36. The van der Waals surface area contributed by atoms with Gasteiger partial charge in [0.2, 0.25) is 0 Å². The van der Waals surface area contributed by atoms with Crippen LogP contribution in [0, 0.1) is 0 Å². The average Bonchev–Trinajstić information content (AvgIpc) is 3.32. The summed E-state index contributed by atoms with van der Waals surface area (Å²) < 4.78 is 18.0. The van der Waals surface area contributed by atoms with Crippen molar-refractivity contribution < 1.29 is 19.3 Å². The number of benzene rings is 3. The van der Waals surface area contributed by atoms with Gasteiger partial charge in [-0.1, -0.05) is 30.7 Å². The van der Waals surface area contributed by atoms with Gasteiger partial charge in [-0.3, -0.25) is 4.90 Å². The highest BCUT2D eigenvalue weighted by Crippen LogP contribution is 2.45. The van der Waals surface area contributed by atoms with Crippen LogP contribution in [-0.4, -0.2) is 50.5 Å². The Morgan fingerprint density at radius 2 is 1.58 bits per heavy atom. The molecular weight excluding hydrogens is 470 g/mol. The van der Waals surface area contributed by atoms with Crippen LogP contribution in [0.5, 0.6) is 17.2 Å². The van der Waals surface area contributed by atoms with Crippen LogP contribution in [-0.2, 0) is 0 Å². The van der Waals surface area contributed by atoms with Gasteiger partial charge in [0.1, 0.15) is 30.0 Å². The van der Waals surface area contributed by atoms with E-state index >= 15 is 0 Å². The lowest BCUT2D eigenvalue weighted by Crippen LogP contribution is -2.33. The first kappa shape index (κ1) is 24.6. The minimum Gasteiger partial charge on any atom is -0.497 e. The van der Waals surface area contributed by atoms with Gasteiger partial charge >= 0.3 is 0 Å². The number of hydrogen-bond donors (Lipinski definition) is 1. The number of fused-ring (bicyclic) bond motifs is 1. The summed E-state index contributed by atoms with van der Waals surface area (Å²) in [5, 5.41) is 12.6. The summed E-state index contributed by atoms with van der Waals surface area (Å²) in [7, 11) is 3.34. The predicted octanol–water partition coefficient (Wildman–Crippen LogP) is 6.53. The lowest BCUT2D eigenvalue weighted by molar-refractivity contribution is 0.183. The Morgan fingerprint density at radius 3 is 2.33 bits per heavy atom. The number of nitrogens with zero attached hydrogens (tertiary/aromatic N) is 1. The molecule has 1 unspecified atom stereocenters. The van der Waals surface area contributed by atoms with Crippen LogP contribution in [0.4, 0.5) is 0 Å². The molecule has 5 rings (SSSR count). The summed E-state index contributed by atoms with van der Waals surface area (Å²) in [6.07, 6.45) is 3.13. The van der Waals surface area contributed by atoms with E-state index in [1.54, 1.807) is 25.6 Å². The molecule has 188 valence electrons. The average molecular weight is 504 g/mol. The molecule has 1 atom stereocenters. The maximum atomic E-state index is 11.6. The van der Waals surface area contributed by atoms with E-state index in [1.165, 1.54) is 32.4 Å². The molecule has 0 amide bonds. The summed E-state index contributed by atoms with van der Waals surface area (Å²) in [6, 6.07) is 21.8. The molecule has 1 saturated heterocycles. The Labute approximate surface area is 216 Å². The molecule has 0 saturated carbocycles. The van der Waals surface area contributed by atoms with Gasteiger partial charge in [-0.25, -0.2) is 0 Å². The van der Waals surface area contributed by atoms with E-state index in [1.807, 2.05) is 60.7 Å². The van der Waals surface area contributed by atoms with Gasteiger partial charge in [0.25, 0.3) is 0 Å². The van der Waals surface area contributed by atoms with E-state index in [0.29, 0.717) is 6.61 Å². The first-order valence-corrected chi connectivity index (χ1v) is 13.4. The standard InChI is InChI=1S/C30H33NO4S/c1-33-24-8-6-7-22(19-24)30-28(26-14-13-25(34-2)20-27(26)36-30)29(32)21-9-11-23(12-10-21)35-18-17-31-15-4-3-5-16-31/h6-14,19-20,29,32H,3-5,15-18H2,1-2H3. The Bertz CT molecular complexity index is 1290. The number of piperidine rings is 1. The maximum absolute atomic E-state index is 11.6. The van der Waals surface area contributed by atoms with Crippen LogP contribution in [0.2, 0.25) is 0 Å². The third-order valence-electron chi connectivity index (χ3n) is 6.86. The lowest BCUT2D eigenvalue weighted by atomic mass is 9.96. The molecule has 36 heavy (non-hydrogen) atoms. The zero-order valence-corrected chi connectivity index (χ0v) is 21.7. The second-order valence-corrected chi connectivity index (χ2v) is 10.2. The molecule has 1 aliphatic rings. The monoisotopic (exact) mass is 503 g/mol. The Kier molecular flexibility index (Phi) is 7.75. The van der Waals surface area contributed by atoms with Crippen LogP contribution in [0.1, 0.15) is 36.5 Å². The van der Waals surface area contributed by atoms with Crippen LogP contribution < -0.4 is 14.2 Å². The molecule has 5 nitrogen and oxygen atoms in total. The highest BCUT2D eigenvalue weighted by Gasteiger charge is 2.23. The molecule has 4 aromatic rings. The smallest absolute Gasteiger partial charge is 0.120 e. The second-order valence-electron chi connectivity index (χ2n) is 9.16. The van der Waals surface area contributed by atoms with Gasteiger partial charge in [0, 0.05) is 21.7 Å². The normalized spacial score (nSPS) is 15.1. The molecule has 1 fully saturated rings. The van der Waals surface area contributed by atoms with Crippen molar-refractivity contribution in [1.82, 2.24) is 4.90 Å². The van der Waals surface area contributed by atoms with E-state index in [-0.39, 0.29) is 0 Å². The van der Waals surface area contributed by atoms with E-state index in [9.17, 15) is 5.11 Å². The molecule has 1 aromatic heterocycles. The molecule has 1 N–H and O–H groups in total.